The van der Waals surface area contributed by atoms with Crippen molar-refractivity contribution in [1.82, 2.24) is 9.88 Å². The first-order valence-electron chi connectivity index (χ1n) is 8.05. The van der Waals surface area contributed by atoms with Gasteiger partial charge in [0.2, 0.25) is 0 Å². The van der Waals surface area contributed by atoms with E-state index in [1.165, 1.54) is 12.3 Å². The summed E-state index contributed by atoms with van der Waals surface area (Å²) in [6.45, 7) is 2.91. The number of primary amides is 1. The van der Waals surface area contributed by atoms with E-state index in [9.17, 15) is 9.59 Å². The molecule has 0 unspecified atom stereocenters. The molecule has 1 aromatic heterocycles. The highest BCUT2D eigenvalue weighted by molar-refractivity contribution is 5.92. The minimum absolute atomic E-state index is 0.0694. The lowest BCUT2D eigenvalue weighted by molar-refractivity contribution is -0.0642. The van der Waals surface area contributed by atoms with Crippen molar-refractivity contribution in [3.63, 3.8) is 0 Å². The molecule has 0 bridgehead atoms. The number of hydrogen-bond acceptors (Lipinski definition) is 4. The predicted octanol–water partition coefficient (Wildman–Crippen LogP) is 2.17. The van der Waals surface area contributed by atoms with Gasteiger partial charge in [-0.1, -0.05) is 30.3 Å². The van der Waals surface area contributed by atoms with E-state index in [2.05, 4.69) is 10.3 Å². The largest absolute Gasteiger partial charge is 0.367 e. The normalized spacial score (nSPS) is 20.1. The average Bonchev–Trinajstić information content (AvgIpc) is 2.62. The van der Waals surface area contributed by atoms with Gasteiger partial charge in [0.25, 0.3) is 5.91 Å². The number of nitrogens with zero attached hydrogens (tertiary/aromatic N) is 2. The molecule has 0 saturated carbocycles. The van der Waals surface area contributed by atoms with Crippen LogP contribution in [0.5, 0.6) is 0 Å². The highest BCUT2D eigenvalue weighted by Crippen LogP contribution is 2.25. The second-order valence-electron chi connectivity index (χ2n) is 5.98. The zero-order valence-corrected chi connectivity index (χ0v) is 13.9. The van der Waals surface area contributed by atoms with E-state index in [4.69, 9.17) is 10.5 Å². The van der Waals surface area contributed by atoms with Gasteiger partial charge in [-0.15, -0.1) is 0 Å². The lowest BCUT2D eigenvalue weighted by atomic mass is 10.1. The van der Waals surface area contributed by atoms with Gasteiger partial charge < -0.3 is 20.7 Å². The predicted molar refractivity (Wildman–Crippen MR) is 93.1 cm³/mol. The fraction of sp³-hybridized carbons (Fsp3) is 0.278. The molecule has 1 aliphatic heterocycles. The molecule has 1 aromatic carbocycles. The fourth-order valence-electron chi connectivity index (χ4n) is 2.79. The number of rotatable bonds is 3. The maximum absolute atomic E-state index is 12.5. The van der Waals surface area contributed by atoms with Crippen LogP contribution in [-0.2, 0) is 4.74 Å². The number of hydrogen-bond donors (Lipinski definition) is 2. The highest BCUT2D eigenvalue weighted by Gasteiger charge is 2.29. The molecule has 3 rings (SSSR count). The van der Waals surface area contributed by atoms with Gasteiger partial charge in [0.15, 0.2) is 0 Å². The summed E-state index contributed by atoms with van der Waals surface area (Å²) >= 11 is 0. The Kier molecular flexibility index (Phi) is 4.95. The third kappa shape index (κ3) is 4.13. The van der Waals surface area contributed by atoms with Crippen molar-refractivity contribution in [3.05, 3.63) is 59.9 Å². The SMILES string of the molecule is C[C@@H]1CN(C(=O)Nc2ccc(C(N)=O)nc2)C[C@@H](c2ccccc2)O1. The molecule has 1 aliphatic rings. The number of carbonyl (C=O) groups is 2. The van der Waals surface area contributed by atoms with Crippen molar-refractivity contribution in [3.8, 4) is 0 Å². The summed E-state index contributed by atoms with van der Waals surface area (Å²) in [5.41, 5.74) is 6.86. The maximum Gasteiger partial charge on any atom is 0.322 e. The minimum atomic E-state index is -0.606. The zero-order chi connectivity index (χ0) is 17.8. The highest BCUT2D eigenvalue weighted by atomic mass is 16.5. The number of nitrogens with one attached hydrogen (secondary N) is 1. The summed E-state index contributed by atoms with van der Waals surface area (Å²) in [6.07, 6.45) is 1.18. The number of nitrogens with two attached hydrogens (primary N) is 1. The van der Waals surface area contributed by atoms with Crippen LogP contribution in [0.15, 0.2) is 48.7 Å². The fourth-order valence-corrected chi connectivity index (χ4v) is 2.79. The molecule has 3 N–H and O–H groups in total. The summed E-state index contributed by atoms with van der Waals surface area (Å²) in [5.74, 6) is -0.606. The van der Waals surface area contributed by atoms with Crippen LogP contribution in [0, 0.1) is 0 Å². The Hall–Kier alpha value is -2.93. The van der Waals surface area contributed by atoms with Crippen molar-refractivity contribution in [2.24, 2.45) is 5.73 Å². The Morgan fingerprint density at radius 3 is 2.60 bits per heavy atom. The third-order valence-corrected chi connectivity index (χ3v) is 3.99. The van der Waals surface area contributed by atoms with E-state index in [0.717, 1.165) is 5.56 Å². The molecule has 7 heteroatoms. The van der Waals surface area contributed by atoms with Crippen LogP contribution in [0.2, 0.25) is 0 Å². The Labute approximate surface area is 145 Å². The van der Waals surface area contributed by atoms with E-state index < -0.39 is 5.91 Å². The van der Waals surface area contributed by atoms with Gasteiger partial charge in [0.1, 0.15) is 11.8 Å². The van der Waals surface area contributed by atoms with Crippen molar-refractivity contribution in [2.75, 3.05) is 18.4 Å². The number of anilines is 1. The van der Waals surface area contributed by atoms with Crippen molar-refractivity contribution in [1.29, 1.82) is 0 Å². The van der Waals surface area contributed by atoms with E-state index >= 15 is 0 Å². The number of amides is 3. The number of benzene rings is 1. The number of urea groups is 1. The Morgan fingerprint density at radius 2 is 1.96 bits per heavy atom. The second-order valence-corrected chi connectivity index (χ2v) is 5.98. The van der Waals surface area contributed by atoms with Gasteiger partial charge >= 0.3 is 6.03 Å². The monoisotopic (exact) mass is 340 g/mol. The molecule has 3 amide bonds. The van der Waals surface area contributed by atoms with Crippen molar-refractivity contribution < 1.29 is 14.3 Å². The van der Waals surface area contributed by atoms with Gasteiger partial charge in [-0.25, -0.2) is 9.78 Å². The van der Waals surface area contributed by atoms with Crippen molar-refractivity contribution >= 4 is 17.6 Å². The molecule has 1 saturated heterocycles. The molecule has 25 heavy (non-hydrogen) atoms. The molecule has 1 fully saturated rings. The molecule has 2 atom stereocenters. The van der Waals surface area contributed by atoms with Crippen LogP contribution in [0.3, 0.4) is 0 Å². The number of ether oxygens (including phenoxy) is 1. The first-order valence-corrected chi connectivity index (χ1v) is 8.05. The lowest BCUT2D eigenvalue weighted by Gasteiger charge is -2.37. The lowest BCUT2D eigenvalue weighted by Crippen LogP contribution is -2.47. The van der Waals surface area contributed by atoms with Gasteiger partial charge in [-0.3, -0.25) is 4.79 Å². The van der Waals surface area contributed by atoms with Crippen molar-refractivity contribution in [2.45, 2.75) is 19.1 Å². The number of aromatic nitrogens is 1. The van der Waals surface area contributed by atoms with E-state index in [1.807, 2.05) is 37.3 Å². The van der Waals surface area contributed by atoms with E-state index in [-0.39, 0.29) is 23.9 Å². The Balaban J connectivity index is 1.67. The minimum Gasteiger partial charge on any atom is -0.367 e. The van der Waals surface area contributed by atoms with E-state index in [0.29, 0.717) is 18.8 Å². The quantitative estimate of drug-likeness (QED) is 0.895. The van der Waals surface area contributed by atoms with Crippen LogP contribution in [-0.4, -0.2) is 41.0 Å². The van der Waals surface area contributed by atoms with Crippen LogP contribution in [0.25, 0.3) is 0 Å². The van der Waals surface area contributed by atoms with Gasteiger partial charge in [-0.2, -0.15) is 0 Å². The number of pyridine rings is 1. The summed E-state index contributed by atoms with van der Waals surface area (Å²) < 4.78 is 5.96. The number of carbonyl (C=O) groups excluding carboxylic acids is 2. The molecule has 0 radical (unpaired) electrons. The van der Waals surface area contributed by atoms with Crippen LogP contribution < -0.4 is 11.1 Å². The average molecular weight is 340 g/mol. The maximum atomic E-state index is 12.5. The van der Waals surface area contributed by atoms with E-state index in [1.54, 1.807) is 11.0 Å². The summed E-state index contributed by atoms with van der Waals surface area (Å²) in [7, 11) is 0. The summed E-state index contributed by atoms with van der Waals surface area (Å²) in [5, 5.41) is 2.79. The molecular formula is C18H20N4O3. The molecule has 0 spiro atoms. The number of morpholine rings is 1. The van der Waals surface area contributed by atoms with Gasteiger partial charge in [0.05, 0.1) is 24.5 Å². The van der Waals surface area contributed by atoms with Crippen LogP contribution in [0.4, 0.5) is 10.5 Å². The molecule has 7 nitrogen and oxygen atoms in total. The third-order valence-electron chi connectivity index (χ3n) is 3.99. The van der Waals surface area contributed by atoms with Gasteiger partial charge in [0, 0.05) is 6.54 Å². The second kappa shape index (κ2) is 7.31. The topological polar surface area (TPSA) is 97.6 Å². The first kappa shape index (κ1) is 16.9. The zero-order valence-electron chi connectivity index (χ0n) is 13.9. The molecule has 0 aliphatic carbocycles. The Bertz CT molecular complexity index is 749. The smallest absolute Gasteiger partial charge is 0.322 e. The first-order chi connectivity index (χ1) is 12.0. The summed E-state index contributed by atoms with van der Waals surface area (Å²) in [6, 6.07) is 12.7. The molecule has 2 heterocycles. The van der Waals surface area contributed by atoms with Crippen LogP contribution >= 0.6 is 0 Å². The molecular weight excluding hydrogens is 320 g/mol. The van der Waals surface area contributed by atoms with Gasteiger partial charge in [-0.05, 0) is 24.6 Å². The standard InChI is InChI=1S/C18H20N4O3/c1-12-10-22(11-16(25-12)13-5-3-2-4-6-13)18(24)21-14-7-8-15(17(19)23)20-9-14/h2-9,12,16H,10-11H2,1H3,(H2,19,23)(H,21,24)/t12-,16+/m1/s1. The molecule has 130 valence electrons. The molecule has 2 aromatic rings. The Morgan fingerprint density at radius 1 is 1.20 bits per heavy atom. The summed E-state index contributed by atoms with van der Waals surface area (Å²) in [4.78, 5) is 29.2. The van der Waals surface area contributed by atoms with Crippen LogP contribution in [0.1, 0.15) is 29.1 Å².